The van der Waals surface area contributed by atoms with Gasteiger partial charge in [-0.05, 0) is 13.3 Å². The van der Waals surface area contributed by atoms with E-state index in [4.69, 9.17) is 5.26 Å². The predicted molar refractivity (Wildman–Crippen MR) is 57.9 cm³/mol. The Morgan fingerprint density at radius 2 is 2.19 bits per heavy atom. The Bertz CT molecular complexity index is 358. The summed E-state index contributed by atoms with van der Waals surface area (Å²) in [7, 11) is -2.16. The third-order valence-corrected chi connectivity index (χ3v) is 3.39. The molecular weight excluding hydrogens is 232 g/mol. The Balaban J connectivity index is 3.97. The number of nitriles is 1. The minimum atomic E-state index is -3.42. The third-order valence-electron chi connectivity index (χ3n) is 1.80. The zero-order valence-electron chi connectivity index (χ0n) is 9.39. The summed E-state index contributed by atoms with van der Waals surface area (Å²) in [6.45, 7) is 1.61. The van der Waals surface area contributed by atoms with Crippen molar-refractivity contribution in [2.45, 2.75) is 32.2 Å². The molecule has 0 fully saturated rings. The number of hydrogen-bond donors (Lipinski definition) is 1. The van der Waals surface area contributed by atoms with Crippen molar-refractivity contribution in [3.05, 3.63) is 0 Å². The van der Waals surface area contributed by atoms with Gasteiger partial charge in [-0.1, -0.05) is 0 Å². The molecule has 0 aromatic heterocycles. The van der Waals surface area contributed by atoms with Gasteiger partial charge in [-0.3, -0.25) is 4.79 Å². The highest BCUT2D eigenvalue weighted by atomic mass is 32.2. The number of sulfonamides is 1. The number of esters is 1. The molecule has 0 heterocycles. The molecule has 0 saturated carbocycles. The summed E-state index contributed by atoms with van der Waals surface area (Å²) in [5.41, 5.74) is 0. The van der Waals surface area contributed by atoms with Crippen LogP contribution in [0.2, 0.25) is 0 Å². The summed E-state index contributed by atoms with van der Waals surface area (Å²) in [5.74, 6) is -0.571. The lowest BCUT2D eigenvalue weighted by Crippen LogP contribution is -2.34. The van der Waals surface area contributed by atoms with Gasteiger partial charge in [0.1, 0.15) is 0 Å². The summed E-state index contributed by atoms with van der Waals surface area (Å²) in [6, 6.07) is 1.46. The molecular formula is C9H16N2O4S. The number of rotatable bonds is 7. The van der Waals surface area contributed by atoms with Crippen LogP contribution in [0.5, 0.6) is 0 Å². The molecule has 0 spiro atoms. The molecule has 0 radical (unpaired) electrons. The summed E-state index contributed by atoms with van der Waals surface area (Å²) in [6.07, 6.45) is 0.404. The Kier molecular flexibility index (Phi) is 6.69. The molecule has 1 unspecified atom stereocenters. The second-order valence-corrected chi connectivity index (χ2v) is 5.25. The Morgan fingerprint density at radius 3 is 2.69 bits per heavy atom. The van der Waals surface area contributed by atoms with Crippen LogP contribution in [0.4, 0.5) is 0 Å². The van der Waals surface area contributed by atoms with Gasteiger partial charge in [-0.15, -0.1) is 0 Å². The molecule has 0 rings (SSSR count). The first kappa shape index (κ1) is 14.9. The number of carbonyl (C=O) groups is 1. The minimum Gasteiger partial charge on any atom is -0.469 e. The highest BCUT2D eigenvalue weighted by Crippen LogP contribution is 1.99. The molecule has 92 valence electrons. The molecule has 1 N–H and O–H groups in total. The molecule has 0 aromatic carbocycles. The van der Waals surface area contributed by atoms with Gasteiger partial charge in [0, 0.05) is 12.5 Å². The molecule has 0 aliphatic carbocycles. The van der Waals surface area contributed by atoms with Gasteiger partial charge in [0.15, 0.2) is 0 Å². The summed E-state index contributed by atoms with van der Waals surface area (Å²) < 4.78 is 29.6. The van der Waals surface area contributed by atoms with Crippen LogP contribution in [0.1, 0.15) is 26.2 Å². The van der Waals surface area contributed by atoms with E-state index in [0.29, 0.717) is 0 Å². The maximum Gasteiger partial charge on any atom is 0.305 e. The predicted octanol–water partition coefficient (Wildman–Crippen LogP) is 0.161. The monoisotopic (exact) mass is 248 g/mol. The average molecular weight is 248 g/mol. The lowest BCUT2D eigenvalue weighted by Gasteiger charge is -2.10. The maximum absolute atomic E-state index is 11.4. The van der Waals surface area contributed by atoms with Crippen molar-refractivity contribution < 1.29 is 17.9 Å². The second-order valence-electron chi connectivity index (χ2n) is 3.38. The molecule has 16 heavy (non-hydrogen) atoms. The van der Waals surface area contributed by atoms with Gasteiger partial charge in [0.2, 0.25) is 10.0 Å². The van der Waals surface area contributed by atoms with Gasteiger partial charge in [-0.2, -0.15) is 5.26 Å². The van der Waals surface area contributed by atoms with E-state index in [2.05, 4.69) is 9.46 Å². The first-order chi connectivity index (χ1) is 7.41. The van der Waals surface area contributed by atoms with Crippen LogP contribution in [0.25, 0.3) is 0 Å². The van der Waals surface area contributed by atoms with Crippen LogP contribution in [-0.2, 0) is 19.6 Å². The summed E-state index contributed by atoms with van der Waals surface area (Å²) in [4.78, 5) is 10.7. The maximum atomic E-state index is 11.4. The molecule has 0 aliphatic rings. The van der Waals surface area contributed by atoms with Gasteiger partial charge in [0.05, 0.1) is 25.4 Å². The summed E-state index contributed by atoms with van der Waals surface area (Å²) >= 11 is 0. The highest BCUT2D eigenvalue weighted by Gasteiger charge is 2.14. The van der Waals surface area contributed by atoms with E-state index in [0.717, 1.165) is 0 Å². The zero-order valence-corrected chi connectivity index (χ0v) is 10.2. The summed E-state index contributed by atoms with van der Waals surface area (Å²) in [5, 5.41) is 8.37. The van der Waals surface area contributed by atoms with Crippen molar-refractivity contribution >= 4 is 16.0 Å². The van der Waals surface area contributed by atoms with Crippen LogP contribution in [0.3, 0.4) is 0 Å². The van der Waals surface area contributed by atoms with Crippen molar-refractivity contribution in [1.29, 1.82) is 5.26 Å². The molecule has 0 aromatic rings. The van der Waals surface area contributed by atoms with Crippen LogP contribution in [0, 0.1) is 11.3 Å². The molecule has 7 heteroatoms. The minimum absolute atomic E-state index is 0.0735. The Morgan fingerprint density at radius 1 is 1.56 bits per heavy atom. The SMILES string of the molecule is COC(=O)CCCS(=O)(=O)NC(C)CC#N. The number of methoxy groups -OCH3 is 1. The topological polar surface area (TPSA) is 96.3 Å². The van der Waals surface area contributed by atoms with Crippen LogP contribution in [-0.4, -0.2) is 33.3 Å². The van der Waals surface area contributed by atoms with Crippen LogP contribution < -0.4 is 4.72 Å². The largest absolute Gasteiger partial charge is 0.469 e. The van der Waals surface area contributed by atoms with E-state index in [1.165, 1.54) is 7.11 Å². The first-order valence-corrected chi connectivity index (χ1v) is 6.50. The molecule has 1 atom stereocenters. The van der Waals surface area contributed by atoms with Crippen molar-refractivity contribution in [3.63, 3.8) is 0 Å². The van der Waals surface area contributed by atoms with Crippen molar-refractivity contribution in [3.8, 4) is 6.07 Å². The van der Waals surface area contributed by atoms with Crippen LogP contribution in [0.15, 0.2) is 0 Å². The standard InChI is InChI=1S/C9H16N2O4S/c1-8(5-6-10)11-16(13,14)7-3-4-9(12)15-2/h8,11H,3-5,7H2,1-2H3. The van der Waals surface area contributed by atoms with Crippen molar-refractivity contribution in [2.24, 2.45) is 0 Å². The average Bonchev–Trinajstić information content (AvgIpc) is 2.16. The molecule has 0 bridgehead atoms. The molecule has 0 amide bonds. The van der Waals surface area contributed by atoms with E-state index < -0.39 is 22.0 Å². The lowest BCUT2D eigenvalue weighted by atomic mass is 10.3. The van der Waals surface area contributed by atoms with E-state index in [1.54, 1.807) is 6.92 Å². The quantitative estimate of drug-likeness (QED) is 0.647. The first-order valence-electron chi connectivity index (χ1n) is 4.85. The second kappa shape index (κ2) is 7.19. The Hall–Kier alpha value is -1.13. The fourth-order valence-electron chi connectivity index (χ4n) is 1.05. The van der Waals surface area contributed by atoms with Gasteiger partial charge in [0.25, 0.3) is 0 Å². The Labute approximate surface area is 95.6 Å². The smallest absolute Gasteiger partial charge is 0.305 e. The van der Waals surface area contributed by atoms with Crippen molar-refractivity contribution in [2.75, 3.05) is 12.9 Å². The number of hydrogen-bond acceptors (Lipinski definition) is 5. The van der Waals surface area contributed by atoms with E-state index in [-0.39, 0.29) is 25.0 Å². The van der Waals surface area contributed by atoms with E-state index in [9.17, 15) is 13.2 Å². The van der Waals surface area contributed by atoms with Gasteiger partial charge < -0.3 is 4.74 Å². The van der Waals surface area contributed by atoms with E-state index in [1.807, 2.05) is 6.07 Å². The molecule has 0 saturated heterocycles. The normalized spacial score (nSPS) is 12.8. The van der Waals surface area contributed by atoms with Crippen molar-refractivity contribution in [1.82, 2.24) is 4.72 Å². The van der Waals surface area contributed by atoms with Gasteiger partial charge in [-0.25, -0.2) is 13.1 Å². The number of nitrogens with zero attached hydrogens (tertiary/aromatic N) is 1. The fourth-order valence-corrected chi connectivity index (χ4v) is 2.39. The highest BCUT2D eigenvalue weighted by molar-refractivity contribution is 7.89. The lowest BCUT2D eigenvalue weighted by molar-refractivity contribution is -0.140. The van der Waals surface area contributed by atoms with E-state index >= 15 is 0 Å². The number of carbonyl (C=O) groups excluding carboxylic acids is 1. The molecule has 6 nitrogen and oxygen atoms in total. The molecule has 0 aliphatic heterocycles. The zero-order chi connectivity index (χ0) is 12.6. The van der Waals surface area contributed by atoms with Crippen LogP contribution >= 0.6 is 0 Å². The number of nitrogens with one attached hydrogen (secondary N) is 1. The third kappa shape index (κ3) is 7.20. The number of ether oxygens (including phenoxy) is 1. The van der Waals surface area contributed by atoms with Gasteiger partial charge >= 0.3 is 5.97 Å². The fraction of sp³-hybridized carbons (Fsp3) is 0.778.